The van der Waals surface area contributed by atoms with Gasteiger partial charge in [0.25, 0.3) is 0 Å². The van der Waals surface area contributed by atoms with Gasteiger partial charge in [0.1, 0.15) is 6.23 Å². The van der Waals surface area contributed by atoms with E-state index in [-0.39, 0.29) is 12.5 Å². The lowest BCUT2D eigenvalue weighted by Gasteiger charge is -2.17. The summed E-state index contributed by atoms with van der Waals surface area (Å²) in [6.07, 6.45) is 2.08. The number of nitrogens with zero attached hydrogens (tertiary/aromatic N) is 5. The second kappa shape index (κ2) is 8.98. The predicted octanol–water partition coefficient (Wildman–Crippen LogP) is 2.85. The normalized spacial score (nSPS) is 21.0. The molecule has 10 nitrogen and oxygen atoms in total. The SMILES string of the molecule is C[C@H](Nc1nc(-c2cncc(Cl)c2)nc2c1ncn2[C@H]1C[C@H](O)[C@@H](C(N)=O)O1)c1ccccc1. The minimum Gasteiger partial charge on any atom is -0.390 e. The zero-order chi connectivity index (χ0) is 23.8. The van der Waals surface area contributed by atoms with Crippen molar-refractivity contribution >= 4 is 34.5 Å². The standard InChI is InChI=1S/C23H22ClN7O3/c1-12(13-5-3-2-4-6-13)28-22-18-23(30-21(29-22)14-7-15(24)10-26-9-14)31(11-27-18)17-8-16(32)19(34-17)20(25)33/h2-7,9-12,16-17,19,32H,8H2,1H3,(H2,25,33)(H,28,29,30)/t12-,16-,17+,19-/m0/s1. The maximum Gasteiger partial charge on any atom is 0.249 e. The van der Waals surface area contributed by atoms with Crippen LogP contribution in [0.5, 0.6) is 0 Å². The smallest absolute Gasteiger partial charge is 0.249 e. The molecule has 0 radical (unpaired) electrons. The zero-order valence-electron chi connectivity index (χ0n) is 18.2. The van der Waals surface area contributed by atoms with E-state index in [0.29, 0.717) is 33.4 Å². The molecule has 0 spiro atoms. The molecule has 4 atom stereocenters. The maximum atomic E-state index is 11.6. The van der Waals surface area contributed by atoms with Crippen LogP contribution in [0.15, 0.2) is 55.1 Å². The topological polar surface area (TPSA) is 141 Å². The molecule has 0 unspecified atom stereocenters. The van der Waals surface area contributed by atoms with Crippen LogP contribution in [0.1, 0.15) is 31.2 Å². The van der Waals surface area contributed by atoms with E-state index >= 15 is 0 Å². The van der Waals surface area contributed by atoms with Crippen molar-refractivity contribution in [3.8, 4) is 11.4 Å². The van der Waals surface area contributed by atoms with Gasteiger partial charge in [-0.3, -0.25) is 14.3 Å². The summed E-state index contributed by atoms with van der Waals surface area (Å²) < 4.78 is 7.40. The van der Waals surface area contributed by atoms with E-state index in [0.717, 1.165) is 5.56 Å². The molecule has 0 saturated carbocycles. The number of imidazole rings is 1. The number of carbonyl (C=O) groups excluding carboxylic acids is 1. The van der Waals surface area contributed by atoms with Gasteiger partial charge in [-0.1, -0.05) is 41.9 Å². The fourth-order valence-corrected chi connectivity index (χ4v) is 4.18. The van der Waals surface area contributed by atoms with E-state index in [2.05, 4.69) is 15.3 Å². The Labute approximate surface area is 199 Å². The van der Waals surface area contributed by atoms with Crippen LogP contribution in [-0.2, 0) is 9.53 Å². The Bertz CT molecular complexity index is 1350. The molecule has 11 heteroatoms. The molecule has 1 saturated heterocycles. The van der Waals surface area contributed by atoms with Crippen molar-refractivity contribution in [3.63, 3.8) is 0 Å². The Hall–Kier alpha value is -3.60. The molecular weight excluding hydrogens is 458 g/mol. The van der Waals surface area contributed by atoms with Crippen LogP contribution in [0.2, 0.25) is 5.02 Å². The Kier molecular flexibility index (Phi) is 5.86. The average molecular weight is 480 g/mol. The van der Waals surface area contributed by atoms with Crippen molar-refractivity contribution < 1.29 is 14.6 Å². The summed E-state index contributed by atoms with van der Waals surface area (Å²) in [6.45, 7) is 2.02. The molecule has 4 aromatic rings. The molecule has 4 heterocycles. The van der Waals surface area contributed by atoms with E-state index < -0.39 is 24.3 Å². The number of benzene rings is 1. The molecule has 5 rings (SSSR count). The van der Waals surface area contributed by atoms with Crippen LogP contribution in [0, 0.1) is 0 Å². The minimum atomic E-state index is -1.10. The van der Waals surface area contributed by atoms with E-state index in [1.165, 1.54) is 6.20 Å². The summed E-state index contributed by atoms with van der Waals surface area (Å²) in [5, 5.41) is 14.1. The zero-order valence-corrected chi connectivity index (χ0v) is 18.9. The van der Waals surface area contributed by atoms with Crippen molar-refractivity contribution in [3.05, 3.63) is 65.7 Å². The second-order valence-corrected chi connectivity index (χ2v) is 8.54. The number of aromatic nitrogens is 5. The van der Waals surface area contributed by atoms with E-state index in [9.17, 15) is 9.90 Å². The van der Waals surface area contributed by atoms with Crippen LogP contribution in [0.3, 0.4) is 0 Å². The van der Waals surface area contributed by atoms with E-state index in [1.54, 1.807) is 23.2 Å². The molecular formula is C23H22ClN7O3. The van der Waals surface area contributed by atoms with Gasteiger partial charge in [0.15, 0.2) is 28.9 Å². The molecule has 1 amide bonds. The van der Waals surface area contributed by atoms with Gasteiger partial charge < -0.3 is 20.9 Å². The summed E-state index contributed by atoms with van der Waals surface area (Å²) in [7, 11) is 0. The van der Waals surface area contributed by atoms with Gasteiger partial charge in [0.2, 0.25) is 5.91 Å². The van der Waals surface area contributed by atoms with Gasteiger partial charge in [-0.15, -0.1) is 0 Å². The third-order valence-corrected chi connectivity index (χ3v) is 5.93. The predicted molar refractivity (Wildman–Crippen MR) is 126 cm³/mol. The number of hydrogen-bond acceptors (Lipinski definition) is 8. The Balaban J connectivity index is 1.60. The first kappa shape index (κ1) is 22.2. The molecule has 34 heavy (non-hydrogen) atoms. The number of anilines is 1. The number of nitrogens with one attached hydrogen (secondary N) is 1. The lowest BCUT2D eigenvalue weighted by Crippen LogP contribution is -2.36. The maximum absolute atomic E-state index is 11.6. The van der Waals surface area contributed by atoms with Crippen molar-refractivity contribution in [1.82, 2.24) is 24.5 Å². The first-order valence-electron chi connectivity index (χ1n) is 10.7. The number of amides is 1. The number of hydrogen-bond donors (Lipinski definition) is 3. The number of nitrogens with two attached hydrogens (primary N) is 1. The average Bonchev–Trinajstić information content (AvgIpc) is 3.43. The third kappa shape index (κ3) is 4.18. The minimum absolute atomic E-state index is 0.0708. The molecule has 4 N–H and O–H groups in total. The van der Waals surface area contributed by atoms with Crippen molar-refractivity contribution in [2.75, 3.05) is 5.32 Å². The molecule has 3 aromatic heterocycles. The monoisotopic (exact) mass is 479 g/mol. The molecule has 0 bridgehead atoms. The summed E-state index contributed by atoms with van der Waals surface area (Å²) in [6, 6.07) is 11.6. The fourth-order valence-electron chi connectivity index (χ4n) is 4.00. The quantitative estimate of drug-likeness (QED) is 0.383. The van der Waals surface area contributed by atoms with E-state index in [1.807, 2.05) is 37.3 Å². The van der Waals surface area contributed by atoms with Gasteiger partial charge in [-0.2, -0.15) is 0 Å². The fraction of sp³-hybridized carbons (Fsp3) is 0.261. The molecule has 174 valence electrons. The highest BCUT2D eigenvalue weighted by Crippen LogP contribution is 2.34. The number of pyridine rings is 1. The van der Waals surface area contributed by atoms with Gasteiger partial charge in [-0.05, 0) is 18.6 Å². The summed E-state index contributed by atoms with van der Waals surface area (Å²) in [5.41, 5.74) is 8.04. The van der Waals surface area contributed by atoms with Gasteiger partial charge in [0, 0.05) is 24.4 Å². The first-order valence-corrected chi connectivity index (χ1v) is 11.1. The van der Waals surface area contributed by atoms with Gasteiger partial charge in [0.05, 0.1) is 23.5 Å². The number of aliphatic hydroxyl groups is 1. The number of ether oxygens (including phenoxy) is 1. The summed E-state index contributed by atoms with van der Waals surface area (Å²) in [4.78, 5) is 29.7. The number of rotatable bonds is 6. The lowest BCUT2D eigenvalue weighted by atomic mass is 10.1. The first-order chi connectivity index (χ1) is 16.4. The largest absolute Gasteiger partial charge is 0.390 e. The van der Waals surface area contributed by atoms with Crippen molar-refractivity contribution in [2.45, 2.75) is 37.8 Å². The number of carbonyl (C=O) groups is 1. The molecule has 1 aliphatic rings. The van der Waals surface area contributed by atoms with E-state index in [4.69, 9.17) is 32.0 Å². The Morgan fingerprint density at radius 1 is 1.29 bits per heavy atom. The molecule has 1 fully saturated rings. The highest BCUT2D eigenvalue weighted by atomic mass is 35.5. The van der Waals surface area contributed by atoms with Crippen molar-refractivity contribution in [1.29, 1.82) is 0 Å². The molecule has 1 aromatic carbocycles. The Morgan fingerprint density at radius 3 is 2.79 bits per heavy atom. The summed E-state index contributed by atoms with van der Waals surface area (Å²) >= 11 is 6.15. The summed E-state index contributed by atoms with van der Waals surface area (Å²) in [5.74, 6) is 0.177. The lowest BCUT2D eigenvalue weighted by molar-refractivity contribution is -0.134. The molecule has 0 aliphatic carbocycles. The van der Waals surface area contributed by atoms with Crippen LogP contribution < -0.4 is 11.1 Å². The Morgan fingerprint density at radius 2 is 2.09 bits per heavy atom. The van der Waals surface area contributed by atoms with Crippen molar-refractivity contribution in [2.24, 2.45) is 5.73 Å². The van der Waals surface area contributed by atoms with Gasteiger partial charge >= 0.3 is 0 Å². The highest BCUT2D eigenvalue weighted by molar-refractivity contribution is 6.30. The van der Waals surface area contributed by atoms with Crippen LogP contribution in [0.25, 0.3) is 22.6 Å². The van der Waals surface area contributed by atoms with Crippen LogP contribution >= 0.6 is 11.6 Å². The highest BCUT2D eigenvalue weighted by Gasteiger charge is 2.39. The number of primary amides is 1. The van der Waals surface area contributed by atoms with Crippen LogP contribution in [-0.4, -0.2) is 47.7 Å². The number of aliphatic hydroxyl groups excluding tert-OH is 1. The number of fused-ring (bicyclic) bond motifs is 1. The third-order valence-electron chi connectivity index (χ3n) is 5.72. The number of halogens is 1. The second-order valence-electron chi connectivity index (χ2n) is 8.11. The molecule has 1 aliphatic heterocycles. The van der Waals surface area contributed by atoms with Crippen LogP contribution in [0.4, 0.5) is 5.82 Å². The van der Waals surface area contributed by atoms with Gasteiger partial charge in [-0.25, -0.2) is 15.0 Å².